The van der Waals surface area contributed by atoms with Crippen LogP contribution in [-0.2, 0) is 10.1 Å². The zero-order valence-corrected chi connectivity index (χ0v) is 12.8. The third-order valence-electron chi connectivity index (χ3n) is 3.43. The van der Waals surface area contributed by atoms with Gasteiger partial charge in [-0.15, -0.1) is 0 Å². The lowest BCUT2D eigenvalue weighted by Gasteiger charge is -2.13. The van der Waals surface area contributed by atoms with E-state index < -0.39 is 15.4 Å². The maximum Gasteiger partial charge on any atom is 0.267 e. The first-order valence-electron chi connectivity index (χ1n) is 7.48. The molecule has 0 aromatic carbocycles. The molecule has 1 atom stereocenters. The highest BCUT2D eigenvalue weighted by Gasteiger charge is 2.21. The van der Waals surface area contributed by atoms with Gasteiger partial charge in [0.1, 0.15) is 0 Å². The highest BCUT2D eigenvalue weighted by Crippen LogP contribution is 2.18. The van der Waals surface area contributed by atoms with Crippen LogP contribution >= 0.6 is 0 Å². The molecule has 1 N–H and O–H groups in total. The average Bonchev–Trinajstić information content (AvgIpc) is 2.30. The van der Waals surface area contributed by atoms with Crippen LogP contribution < -0.4 is 0 Å². The molecule has 0 aliphatic rings. The van der Waals surface area contributed by atoms with E-state index in [1.807, 2.05) is 0 Å². The van der Waals surface area contributed by atoms with Gasteiger partial charge in [0.15, 0.2) is 0 Å². The minimum atomic E-state index is -3.84. The predicted molar refractivity (Wildman–Crippen MR) is 77.5 cm³/mol. The molecule has 0 heterocycles. The van der Waals surface area contributed by atoms with Crippen molar-refractivity contribution in [3.63, 3.8) is 0 Å². The molecule has 4 heteroatoms. The van der Waals surface area contributed by atoms with Crippen molar-refractivity contribution in [2.75, 3.05) is 0 Å². The molecule has 0 aliphatic carbocycles. The van der Waals surface area contributed by atoms with Crippen LogP contribution in [0.15, 0.2) is 0 Å². The minimum Gasteiger partial charge on any atom is -0.285 e. The SMILES string of the molecule is CCCCCCCC(CCCCCC)S(=O)(=O)O. The van der Waals surface area contributed by atoms with Crippen molar-refractivity contribution < 1.29 is 13.0 Å². The summed E-state index contributed by atoms with van der Waals surface area (Å²) in [6.45, 7) is 4.29. The van der Waals surface area contributed by atoms with Crippen molar-refractivity contribution in [3.05, 3.63) is 0 Å². The zero-order valence-electron chi connectivity index (χ0n) is 12.0. The van der Waals surface area contributed by atoms with E-state index in [0.29, 0.717) is 12.8 Å². The molecular formula is C14H30O3S. The summed E-state index contributed by atoms with van der Waals surface area (Å²) in [6.07, 6.45) is 11.1. The van der Waals surface area contributed by atoms with Crippen LogP contribution in [0.2, 0.25) is 0 Å². The fourth-order valence-electron chi connectivity index (χ4n) is 2.22. The predicted octanol–water partition coefficient (Wildman–Crippen LogP) is 4.57. The number of rotatable bonds is 12. The largest absolute Gasteiger partial charge is 0.285 e. The maximum atomic E-state index is 11.3. The molecule has 18 heavy (non-hydrogen) atoms. The first kappa shape index (κ1) is 17.9. The van der Waals surface area contributed by atoms with Crippen LogP contribution in [-0.4, -0.2) is 18.2 Å². The van der Waals surface area contributed by atoms with Crippen molar-refractivity contribution in [2.24, 2.45) is 0 Å². The van der Waals surface area contributed by atoms with Crippen molar-refractivity contribution in [2.45, 2.75) is 89.7 Å². The summed E-state index contributed by atoms with van der Waals surface area (Å²) in [5, 5.41) is -0.531. The third-order valence-corrected chi connectivity index (χ3v) is 4.74. The summed E-state index contributed by atoms with van der Waals surface area (Å²) in [7, 11) is -3.84. The molecule has 0 bridgehead atoms. The second-order valence-electron chi connectivity index (χ2n) is 5.19. The third kappa shape index (κ3) is 9.89. The first-order chi connectivity index (χ1) is 8.52. The van der Waals surface area contributed by atoms with Crippen LogP contribution in [0.25, 0.3) is 0 Å². The molecule has 0 aromatic rings. The van der Waals surface area contributed by atoms with E-state index in [9.17, 15) is 13.0 Å². The lowest BCUT2D eigenvalue weighted by Crippen LogP contribution is -2.20. The number of hydrogen-bond acceptors (Lipinski definition) is 2. The monoisotopic (exact) mass is 278 g/mol. The van der Waals surface area contributed by atoms with E-state index in [2.05, 4.69) is 13.8 Å². The summed E-state index contributed by atoms with van der Waals surface area (Å²) >= 11 is 0. The molecule has 0 radical (unpaired) electrons. The van der Waals surface area contributed by atoms with Crippen LogP contribution in [0.5, 0.6) is 0 Å². The molecule has 0 aromatic heterocycles. The topological polar surface area (TPSA) is 54.4 Å². The Morgan fingerprint density at radius 3 is 1.56 bits per heavy atom. The Balaban J connectivity index is 3.87. The molecule has 0 amide bonds. The second kappa shape index (κ2) is 10.8. The van der Waals surface area contributed by atoms with Gasteiger partial charge in [0.25, 0.3) is 10.1 Å². The molecule has 0 fully saturated rings. The van der Waals surface area contributed by atoms with E-state index in [-0.39, 0.29) is 0 Å². The Bertz CT molecular complexity index is 273. The molecular weight excluding hydrogens is 248 g/mol. The Labute approximate surface area is 113 Å². The summed E-state index contributed by atoms with van der Waals surface area (Å²) in [4.78, 5) is 0. The van der Waals surface area contributed by atoms with Crippen LogP contribution in [0, 0.1) is 0 Å². The number of unbranched alkanes of at least 4 members (excludes halogenated alkanes) is 7. The van der Waals surface area contributed by atoms with E-state index in [0.717, 1.165) is 38.5 Å². The molecule has 0 saturated carbocycles. The van der Waals surface area contributed by atoms with Crippen LogP contribution in [0.4, 0.5) is 0 Å². The standard InChI is InChI=1S/C14H30O3S/c1-3-5-7-9-11-13-14(18(15,16)17)12-10-8-6-4-2/h14H,3-13H2,1-2H3,(H,15,16,17). The second-order valence-corrected chi connectivity index (χ2v) is 6.89. The molecule has 110 valence electrons. The van der Waals surface area contributed by atoms with E-state index in [1.165, 1.54) is 19.3 Å². The Morgan fingerprint density at radius 1 is 0.778 bits per heavy atom. The lowest BCUT2D eigenvalue weighted by molar-refractivity contribution is 0.443. The summed E-state index contributed by atoms with van der Waals surface area (Å²) < 4.78 is 31.8. The molecule has 0 spiro atoms. The fraction of sp³-hybridized carbons (Fsp3) is 1.00. The highest BCUT2D eigenvalue weighted by atomic mass is 32.2. The van der Waals surface area contributed by atoms with Gasteiger partial charge in [0, 0.05) is 0 Å². The molecule has 3 nitrogen and oxygen atoms in total. The van der Waals surface area contributed by atoms with Gasteiger partial charge in [-0.3, -0.25) is 4.55 Å². The lowest BCUT2D eigenvalue weighted by atomic mass is 10.0. The molecule has 0 aliphatic heterocycles. The van der Waals surface area contributed by atoms with Gasteiger partial charge in [-0.2, -0.15) is 8.42 Å². The van der Waals surface area contributed by atoms with Gasteiger partial charge in [0.05, 0.1) is 5.25 Å². The van der Waals surface area contributed by atoms with Crippen molar-refractivity contribution in [1.29, 1.82) is 0 Å². The van der Waals surface area contributed by atoms with E-state index in [4.69, 9.17) is 0 Å². The van der Waals surface area contributed by atoms with Gasteiger partial charge in [-0.05, 0) is 12.8 Å². The Hall–Kier alpha value is -0.0900. The highest BCUT2D eigenvalue weighted by molar-refractivity contribution is 7.86. The normalized spacial score (nSPS) is 13.7. The van der Waals surface area contributed by atoms with Gasteiger partial charge in [-0.25, -0.2) is 0 Å². The van der Waals surface area contributed by atoms with E-state index in [1.54, 1.807) is 0 Å². The quantitative estimate of drug-likeness (QED) is 0.420. The van der Waals surface area contributed by atoms with Crippen LogP contribution in [0.1, 0.15) is 84.5 Å². The molecule has 1 unspecified atom stereocenters. The minimum absolute atomic E-state index is 0.531. The Morgan fingerprint density at radius 2 is 1.17 bits per heavy atom. The van der Waals surface area contributed by atoms with Gasteiger partial charge >= 0.3 is 0 Å². The maximum absolute atomic E-state index is 11.3. The van der Waals surface area contributed by atoms with E-state index >= 15 is 0 Å². The van der Waals surface area contributed by atoms with Gasteiger partial charge in [-0.1, -0.05) is 71.6 Å². The van der Waals surface area contributed by atoms with Crippen molar-refractivity contribution in [1.82, 2.24) is 0 Å². The average molecular weight is 278 g/mol. The Kier molecular flexibility index (Phi) is 10.7. The summed E-state index contributed by atoms with van der Waals surface area (Å²) in [6, 6.07) is 0. The van der Waals surface area contributed by atoms with Crippen LogP contribution in [0.3, 0.4) is 0 Å². The van der Waals surface area contributed by atoms with Gasteiger partial charge < -0.3 is 0 Å². The number of hydrogen-bond donors (Lipinski definition) is 1. The summed E-state index contributed by atoms with van der Waals surface area (Å²) in [5.74, 6) is 0. The smallest absolute Gasteiger partial charge is 0.267 e. The molecule has 0 rings (SSSR count). The van der Waals surface area contributed by atoms with Gasteiger partial charge in [0.2, 0.25) is 0 Å². The first-order valence-corrected chi connectivity index (χ1v) is 8.99. The van der Waals surface area contributed by atoms with Crippen molar-refractivity contribution >= 4 is 10.1 Å². The fourth-order valence-corrected chi connectivity index (χ4v) is 3.15. The zero-order chi connectivity index (χ0) is 13.9. The molecule has 0 saturated heterocycles. The van der Waals surface area contributed by atoms with Crippen molar-refractivity contribution in [3.8, 4) is 0 Å². The summed E-state index contributed by atoms with van der Waals surface area (Å²) in [5.41, 5.74) is 0.